The lowest BCUT2D eigenvalue weighted by Crippen LogP contribution is -2.54. The number of benzene rings is 2. The molecule has 6 rings (SSSR count). The number of hydrogen-bond donors (Lipinski definition) is 3. The molecule has 0 bridgehead atoms. The highest BCUT2D eigenvalue weighted by molar-refractivity contribution is 5.88. The summed E-state index contributed by atoms with van der Waals surface area (Å²) < 4.78 is 10.8. The number of hydrogen-bond acceptors (Lipinski definition) is 10. The molecule has 12 heteroatoms. The molecule has 0 spiro atoms. The number of piperazine rings is 1. The Hall–Kier alpha value is -4.97. The maximum absolute atomic E-state index is 13.3. The minimum atomic E-state index is -0.633. The molecule has 2 aromatic carbocycles. The lowest BCUT2D eigenvalue weighted by molar-refractivity contribution is -0.132. The monoisotopic (exact) mass is 553 g/mol. The van der Waals surface area contributed by atoms with Gasteiger partial charge in [0.1, 0.15) is 0 Å². The fraction of sp³-hybridized carbons (Fsp3) is 0.276. The third-order valence-electron chi connectivity index (χ3n) is 7.41. The molecule has 0 saturated carbocycles. The SMILES string of the molecule is COc1ccc(-c2cnc3nc(N)nc(N4CCN(C(=O)[C@@H](N)Cc5c[nH]c6ccccc56)CC4)c3n2)cc1OC. The summed E-state index contributed by atoms with van der Waals surface area (Å²) in [6, 6.07) is 12.9. The Kier molecular flexibility index (Phi) is 6.98. The van der Waals surface area contributed by atoms with Gasteiger partial charge in [0.2, 0.25) is 11.9 Å². The number of carbonyl (C=O) groups is 1. The van der Waals surface area contributed by atoms with Gasteiger partial charge in [-0.25, -0.2) is 9.97 Å². The van der Waals surface area contributed by atoms with Crippen LogP contribution in [0.3, 0.4) is 0 Å². The van der Waals surface area contributed by atoms with Crippen LogP contribution in [0.2, 0.25) is 0 Å². The van der Waals surface area contributed by atoms with Crippen molar-refractivity contribution >= 4 is 39.7 Å². The van der Waals surface area contributed by atoms with Crippen molar-refractivity contribution in [1.82, 2.24) is 29.8 Å². The molecule has 3 aromatic heterocycles. The van der Waals surface area contributed by atoms with Gasteiger partial charge in [-0.15, -0.1) is 0 Å². The first-order valence-corrected chi connectivity index (χ1v) is 13.3. The number of nitrogens with zero attached hydrogens (tertiary/aromatic N) is 6. The Morgan fingerprint density at radius 3 is 2.59 bits per heavy atom. The van der Waals surface area contributed by atoms with E-state index in [0.717, 1.165) is 22.0 Å². The first kappa shape index (κ1) is 26.3. The zero-order valence-electron chi connectivity index (χ0n) is 22.9. The standard InChI is InChI=1S/C29H31N9O3/c1-40-23-8-7-17(14-24(23)41-2)22-16-33-26-25(34-22)27(36-29(31)35-26)37-9-11-38(12-10-37)28(39)20(30)13-18-15-32-21-6-4-3-5-19(18)21/h3-8,14-16,20,32H,9-13,30H2,1-2H3,(H2,31,33,35,36)/t20-/m0/s1. The van der Waals surface area contributed by atoms with Crippen LogP contribution >= 0.6 is 0 Å². The number of anilines is 2. The third kappa shape index (κ3) is 5.05. The molecular weight excluding hydrogens is 522 g/mol. The molecule has 1 atom stereocenters. The lowest BCUT2D eigenvalue weighted by Gasteiger charge is -2.36. The van der Waals surface area contributed by atoms with E-state index < -0.39 is 6.04 Å². The summed E-state index contributed by atoms with van der Waals surface area (Å²) in [7, 11) is 3.17. The van der Waals surface area contributed by atoms with E-state index in [1.807, 2.05) is 53.6 Å². The molecule has 41 heavy (non-hydrogen) atoms. The topological polar surface area (TPSA) is 161 Å². The number of nitrogens with one attached hydrogen (secondary N) is 1. The summed E-state index contributed by atoms with van der Waals surface area (Å²) >= 11 is 0. The van der Waals surface area contributed by atoms with Crippen molar-refractivity contribution in [2.45, 2.75) is 12.5 Å². The second kappa shape index (κ2) is 10.9. The number of carbonyl (C=O) groups excluding carboxylic acids is 1. The smallest absolute Gasteiger partial charge is 0.239 e. The van der Waals surface area contributed by atoms with E-state index in [9.17, 15) is 4.79 Å². The zero-order valence-corrected chi connectivity index (χ0v) is 22.9. The van der Waals surface area contributed by atoms with Crippen molar-refractivity contribution in [2.24, 2.45) is 5.73 Å². The number of para-hydroxylation sites is 1. The van der Waals surface area contributed by atoms with Crippen LogP contribution < -0.4 is 25.8 Å². The van der Waals surface area contributed by atoms with Gasteiger partial charge in [-0.1, -0.05) is 18.2 Å². The zero-order chi connectivity index (χ0) is 28.5. The lowest BCUT2D eigenvalue weighted by atomic mass is 10.0. The van der Waals surface area contributed by atoms with Crippen molar-refractivity contribution in [3.05, 3.63) is 60.4 Å². The molecule has 1 saturated heterocycles. The van der Waals surface area contributed by atoms with Crippen molar-refractivity contribution in [3.8, 4) is 22.8 Å². The maximum Gasteiger partial charge on any atom is 0.239 e. The molecule has 0 radical (unpaired) electrons. The molecule has 1 fully saturated rings. The van der Waals surface area contributed by atoms with Crippen molar-refractivity contribution in [3.63, 3.8) is 0 Å². The molecule has 210 valence electrons. The van der Waals surface area contributed by atoms with Crippen LogP contribution in [0.4, 0.5) is 11.8 Å². The first-order valence-electron chi connectivity index (χ1n) is 13.3. The van der Waals surface area contributed by atoms with Gasteiger partial charge < -0.3 is 35.7 Å². The van der Waals surface area contributed by atoms with Gasteiger partial charge in [-0.2, -0.15) is 9.97 Å². The minimum Gasteiger partial charge on any atom is -0.493 e. The number of methoxy groups -OCH3 is 2. The highest BCUT2D eigenvalue weighted by Gasteiger charge is 2.28. The molecule has 12 nitrogen and oxygen atoms in total. The molecule has 4 heterocycles. The summed E-state index contributed by atoms with van der Waals surface area (Å²) in [6.45, 7) is 2.07. The van der Waals surface area contributed by atoms with Gasteiger partial charge in [-0.05, 0) is 36.2 Å². The van der Waals surface area contributed by atoms with Gasteiger partial charge in [0, 0.05) is 48.8 Å². The highest BCUT2D eigenvalue weighted by atomic mass is 16.5. The summed E-state index contributed by atoms with van der Waals surface area (Å²) in [6.07, 6.45) is 4.04. The molecule has 5 aromatic rings. The fourth-order valence-corrected chi connectivity index (χ4v) is 5.26. The van der Waals surface area contributed by atoms with Crippen LogP contribution in [-0.2, 0) is 11.2 Å². The number of nitrogen functional groups attached to an aromatic ring is 1. The van der Waals surface area contributed by atoms with E-state index in [4.69, 9.17) is 25.9 Å². The summed E-state index contributed by atoms with van der Waals surface area (Å²) in [4.78, 5) is 38.6. The van der Waals surface area contributed by atoms with E-state index in [-0.39, 0.29) is 11.9 Å². The quantitative estimate of drug-likeness (QED) is 0.273. The largest absolute Gasteiger partial charge is 0.493 e. The van der Waals surface area contributed by atoms with E-state index in [1.165, 1.54) is 0 Å². The number of aromatic amines is 1. The number of rotatable bonds is 7. The Balaban J connectivity index is 1.20. The summed E-state index contributed by atoms with van der Waals surface area (Å²) in [5, 5.41) is 1.09. The number of fused-ring (bicyclic) bond motifs is 2. The van der Waals surface area contributed by atoms with Crippen LogP contribution in [0.25, 0.3) is 33.3 Å². The van der Waals surface area contributed by atoms with Crippen LogP contribution in [0.1, 0.15) is 5.56 Å². The van der Waals surface area contributed by atoms with E-state index in [1.54, 1.807) is 20.4 Å². The Morgan fingerprint density at radius 1 is 1.02 bits per heavy atom. The molecule has 1 aliphatic rings. The van der Waals surface area contributed by atoms with E-state index in [0.29, 0.717) is 66.8 Å². The van der Waals surface area contributed by atoms with E-state index >= 15 is 0 Å². The number of amides is 1. The van der Waals surface area contributed by atoms with Crippen LogP contribution in [0, 0.1) is 0 Å². The summed E-state index contributed by atoms with van der Waals surface area (Å²) in [5.41, 5.74) is 16.9. The highest BCUT2D eigenvalue weighted by Crippen LogP contribution is 2.33. The van der Waals surface area contributed by atoms with Crippen LogP contribution in [-0.4, -0.2) is 82.2 Å². The molecular formula is C29H31N9O3. The number of ether oxygens (including phenoxy) is 2. The number of H-pyrrole nitrogens is 1. The normalized spacial score (nSPS) is 14.4. The van der Waals surface area contributed by atoms with Gasteiger partial charge in [0.15, 0.2) is 28.5 Å². The van der Waals surface area contributed by atoms with Crippen molar-refractivity contribution in [2.75, 3.05) is 51.0 Å². The Bertz CT molecular complexity index is 1730. The van der Waals surface area contributed by atoms with E-state index in [2.05, 4.69) is 24.8 Å². The second-order valence-corrected chi connectivity index (χ2v) is 9.89. The van der Waals surface area contributed by atoms with Crippen molar-refractivity contribution < 1.29 is 14.3 Å². The molecule has 1 amide bonds. The molecule has 1 aliphatic heterocycles. The van der Waals surface area contributed by atoms with Crippen LogP contribution in [0.15, 0.2) is 54.9 Å². The number of aromatic nitrogens is 5. The first-order chi connectivity index (χ1) is 19.9. The van der Waals surface area contributed by atoms with Gasteiger partial charge >= 0.3 is 0 Å². The van der Waals surface area contributed by atoms with Crippen molar-refractivity contribution in [1.29, 1.82) is 0 Å². The molecule has 5 N–H and O–H groups in total. The predicted molar refractivity (Wildman–Crippen MR) is 157 cm³/mol. The Morgan fingerprint density at radius 2 is 1.80 bits per heavy atom. The average Bonchev–Trinajstić information content (AvgIpc) is 3.42. The van der Waals surface area contributed by atoms with Gasteiger partial charge in [0.05, 0.1) is 32.2 Å². The molecule has 0 unspecified atom stereocenters. The Labute approximate surface area is 236 Å². The molecule has 0 aliphatic carbocycles. The van der Waals surface area contributed by atoms with Gasteiger partial charge in [0.25, 0.3) is 0 Å². The number of nitrogens with two attached hydrogens (primary N) is 2. The average molecular weight is 554 g/mol. The predicted octanol–water partition coefficient (Wildman–Crippen LogP) is 2.39. The second-order valence-electron chi connectivity index (χ2n) is 9.89. The third-order valence-corrected chi connectivity index (χ3v) is 7.41. The van der Waals surface area contributed by atoms with Crippen LogP contribution in [0.5, 0.6) is 11.5 Å². The van der Waals surface area contributed by atoms with Gasteiger partial charge in [-0.3, -0.25) is 4.79 Å². The fourth-order valence-electron chi connectivity index (χ4n) is 5.26. The maximum atomic E-state index is 13.3. The summed E-state index contributed by atoms with van der Waals surface area (Å²) in [5.74, 6) is 1.83. The minimum absolute atomic E-state index is 0.0717.